The number of anilines is 1. The maximum atomic E-state index is 13.2. The lowest BCUT2D eigenvalue weighted by Crippen LogP contribution is -2.28. The Morgan fingerprint density at radius 1 is 1.16 bits per heavy atom. The van der Waals surface area contributed by atoms with Crippen molar-refractivity contribution in [2.24, 2.45) is 0 Å². The number of hydrogen-bond acceptors (Lipinski definition) is 8. The van der Waals surface area contributed by atoms with Crippen LogP contribution in [0.2, 0.25) is 0 Å². The first-order valence-corrected chi connectivity index (χ1v) is 11.6. The molecule has 1 aliphatic rings. The average Bonchev–Trinajstić information content (AvgIpc) is 3.46. The Balaban J connectivity index is 1.43. The molecule has 0 bridgehead atoms. The van der Waals surface area contributed by atoms with Crippen molar-refractivity contribution >= 4 is 26.6 Å². The molecule has 10 heteroatoms. The number of hydrogen-bond donors (Lipinski definition) is 2. The number of aryl methyl sites for hydroxylation is 1. The van der Waals surface area contributed by atoms with Gasteiger partial charge >= 0.3 is 0 Å². The van der Waals surface area contributed by atoms with E-state index in [1.807, 2.05) is 34.9 Å². The van der Waals surface area contributed by atoms with Crippen LogP contribution in [0, 0.1) is 6.92 Å². The maximum absolute atomic E-state index is 13.2. The zero-order valence-electron chi connectivity index (χ0n) is 17.2. The largest absolute Gasteiger partial charge is 0.454 e. The molecular weight excluding hydrogens is 434 g/mol. The van der Waals surface area contributed by atoms with Crippen molar-refractivity contribution in [3.63, 3.8) is 0 Å². The molecule has 0 amide bonds. The summed E-state index contributed by atoms with van der Waals surface area (Å²) < 4.78 is 44.0. The number of aliphatic hydroxyl groups excluding tert-OH is 1. The highest BCUT2D eigenvalue weighted by atomic mass is 32.2. The van der Waals surface area contributed by atoms with Crippen LogP contribution in [-0.4, -0.2) is 42.0 Å². The molecule has 0 fully saturated rings. The van der Waals surface area contributed by atoms with Crippen LogP contribution in [0.4, 0.5) is 5.82 Å². The van der Waals surface area contributed by atoms with E-state index in [1.54, 1.807) is 31.3 Å². The number of aromatic nitrogens is 2. The summed E-state index contributed by atoms with van der Waals surface area (Å²) in [6.45, 7) is 2.35. The number of sulfone groups is 1. The maximum Gasteiger partial charge on any atom is 0.231 e. The molecule has 0 saturated carbocycles. The molecule has 4 aromatic rings. The molecule has 3 heterocycles. The lowest BCUT2D eigenvalue weighted by molar-refractivity contribution is 0.174. The molecule has 5 rings (SSSR count). The third-order valence-corrected chi connectivity index (χ3v) is 6.95. The van der Waals surface area contributed by atoms with Crippen molar-refractivity contribution in [2.75, 3.05) is 17.9 Å². The molecule has 166 valence electrons. The minimum atomic E-state index is -3.82. The summed E-state index contributed by atoms with van der Waals surface area (Å²) in [4.78, 5) is 0.158. The normalized spacial score (nSPS) is 14.1. The number of aliphatic hydroxyl groups is 1. The van der Waals surface area contributed by atoms with E-state index in [0.717, 1.165) is 11.1 Å². The highest BCUT2D eigenvalue weighted by Gasteiger charge is 2.25. The molecule has 0 spiro atoms. The van der Waals surface area contributed by atoms with E-state index in [4.69, 9.17) is 14.0 Å². The predicted molar refractivity (Wildman–Crippen MR) is 117 cm³/mol. The second kappa shape index (κ2) is 7.88. The van der Waals surface area contributed by atoms with Crippen LogP contribution in [0.15, 0.2) is 64.1 Å². The predicted octanol–water partition coefficient (Wildman–Crippen LogP) is 2.92. The summed E-state index contributed by atoms with van der Waals surface area (Å²) in [7, 11) is -3.82. The first kappa shape index (κ1) is 20.4. The molecule has 2 N–H and O–H groups in total. The van der Waals surface area contributed by atoms with Gasteiger partial charge in [0.2, 0.25) is 6.79 Å². The first-order chi connectivity index (χ1) is 15.4. The van der Waals surface area contributed by atoms with E-state index in [9.17, 15) is 13.5 Å². The van der Waals surface area contributed by atoms with E-state index in [1.165, 1.54) is 0 Å². The molecular formula is C22H21N3O6S. The SMILES string of the molecule is Cc1cc(NC(O)CS(=O)(=O)c2cn(Cc3ccc4c(c3)OCO4)c3ccccc23)no1. The molecule has 0 saturated heterocycles. The van der Waals surface area contributed by atoms with Gasteiger partial charge < -0.3 is 29.0 Å². The summed E-state index contributed by atoms with van der Waals surface area (Å²) in [6, 6.07) is 14.5. The third-order valence-electron chi connectivity index (χ3n) is 5.20. The fourth-order valence-electron chi connectivity index (χ4n) is 3.77. The van der Waals surface area contributed by atoms with Gasteiger partial charge in [-0.25, -0.2) is 8.42 Å². The third kappa shape index (κ3) is 3.90. The van der Waals surface area contributed by atoms with Gasteiger partial charge in [0, 0.05) is 29.7 Å². The lowest BCUT2D eigenvalue weighted by Gasteiger charge is -2.11. The van der Waals surface area contributed by atoms with E-state index in [-0.39, 0.29) is 17.5 Å². The highest BCUT2D eigenvalue weighted by Crippen LogP contribution is 2.33. The van der Waals surface area contributed by atoms with Crippen molar-refractivity contribution in [3.8, 4) is 11.5 Å². The van der Waals surface area contributed by atoms with Gasteiger partial charge in [0.15, 0.2) is 27.2 Å². The molecule has 32 heavy (non-hydrogen) atoms. The quantitative estimate of drug-likeness (QED) is 0.409. The number of benzene rings is 2. The summed E-state index contributed by atoms with van der Waals surface area (Å²) in [6.07, 6.45) is 0.262. The second-order valence-electron chi connectivity index (χ2n) is 7.59. The Bertz CT molecular complexity index is 1390. The second-order valence-corrected chi connectivity index (χ2v) is 9.59. The highest BCUT2D eigenvalue weighted by molar-refractivity contribution is 7.91. The Morgan fingerprint density at radius 3 is 2.78 bits per heavy atom. The van der Waals surface area contributed by atoms with Gasteiger partial charge in [-0.15, -0.1) is 0 Å². The van der Waals surface area contributed by atoms with Gasteiger partial charge in [0.05, 0.1) is 10.6 Å². The van der Waals surface area contributed by atoms with Crippen LogP contribution < -0.4 is 14.8 Å². The average molecular weight is 455 g/mol. The van der Waals surface area contributed by atoms with Crippen molar-refractivity contribution in [1.29, 1.82) is 0 Å². The number of nitrogens with one attached hydrogen (secondary N) is 1. The summed E-state index contributed by atoms with van der Waals surface area (Å²) in [5, 5.41) is 17.3. The molecule has 9 nitrogen and oxygen atoms in total. The van der Waals surface area contributed by atoms with Crippen LogP contribution in [0.3, 0.4) is 0 Å². The molecule has 0 aliphatic carbocycles. The number of para-hydroxylation sites is 1. The first-order valence-electron chi connectivity index (χ1n) is 9.96. The molecule has 1 atom stereocenters. The Labute approximate surface area is 184 Å². The molecule has 0 radical (unpaired) electrons. The van der Waals surface area contributed by atoms with Gasteiger partial charge in [-0.1, -0.05) is 29.4 Å². The van der Waals surface area contributed by atoms with E-state index >= 15 is 0 Å². The van der Waals surface area contributed by atoms with Gasteiger partial charge in [0.1, 0.15) is 12.0 Å². The van der Waals surface area contributed by atoms with Gasteiger partial charge in [-0.05, 0) is 30.7 Å². The molecule has 1 unspecified atom stereocenters. The van der Waals surface area contributed by atoms with Crippen LogP contribution >= 0.6 is 0 Å². The fraction of sp³-hybridized carbons (Fsp3) is 0.227. The zero-order valence-corrected chi connectivity index (χ0v) is 18.0. The summed E-state index contributed by atoms with van der Waals surface area (Å²) >= 11 is 0. The van der Waals surface area contributed by atoms with Crippen LogP contribution in [0.5, 0.6) is 11.5 Å². The summed E-state index contributed by atoms with van der Waals surface area (Å²) in [5.74, 6) is 1.67. The molecule has 2 aromatic heterocycles. The van der Waals surface area contributed by atoms with Gasteiger partial charge in [-0.2, -0.15) is 0 Å². The van der Waals surface area contributed by atoms with Crippen molar-refractivity contribution in [2.45, 2.75) is 24.6 Å². The van der Waals surface area contributed by atoms with Crippen LogP contribution in [0.1, 0.15) is 11.3 Å². The monoisotopic (exact) mass is 455 g/mol. The standard InChI is InChI=1S/C22H21N3O6S/c1-14-8-21(24-31-14)23-22(26)12-32(27,28)20-11-25(17-5-3-2-4-16(17)20)10-15-6-7-18-19(9-15)30-13-29-18/h2-9,11,22,26H,10,12-13H2,1H3,(H,23,24). The van der Waals surface area contributed by atoms with Crippen molar-refractivity contribution in [1.82, 2.24) is 9.72 Å². The topological polar surface area (TPSA) is 116 Å². The smallest absolute Gasteiger partial charge is 0.231 e. The number of rotatable bonds is 7. The van der Waals surface area contributed by atoms with Crippen molar-refractivity contribution in [3.05, 3.63) is 66.1 Å². The van der Waals surface area contributed by atoms with Crippen molar-refractivity contribution < 1.29 is 27.5 Å². The minimum Gasteiger partial charge on any atom is -0.454 e. The van der Waals surface area contributed by atoms with Gasteiger partial charge in [0.25, 0.3) is 0 Å². The molecule has 1 aliphatic heterocycles. The van der Waals surface area contributed by atoms with E-state index < -0.39 is 21.8 Å². The Hall–Kier alpha value is -3.50. The Kier molecular flexibility index (Phi) is 5.03. The summed E-state index contributed by atoms with van der Waals surface area (Å²) in [5.41, 5.74) is 1.72. The van der Waals surface area contributed by atoms with Crippen LogP contribution in [0.25, 0.3) is 10.9 Å². The Morgan fingerprint density at radius 2 is 1.97 bits per heavy atom. The minimum absolute atomic E-state index is 0.158. The number of fused-ring (bicyclic) bond motifs is 2. The molecule has 2 aromatic carbocycles. The zero-order chi connectivity index (χ0) is 22.3. The van der Waals surface area contributed by atoms with E-state index in [0.29, 0.717) is 29.2 Å². The lowest BCUT2D eigenvalue weighted by atomic mass is 10.2. The van der Waals surface area contributed by atoms with Gasteiger partial charge in [-0.3, -0.25) is 0 Å². The number of nitrogens with zero attached hydrogens (tertiary/aromatic N) is 2. The van der Waals surface area contributed by atoms with E-state index in [2.05, 4.69) is 10.5 Å². The number of ether oxygens (including phenoxy) is 2. The van der Waals surface area contributed by atoms with Crippen LogP contribution in [-0.2, 0) is 16.4 Å². The fourth-order valence-corrected chi connectivity index (χ4v) is 5.25.